The molecule has 0 radical (unpaired) electrons. The van der Waals surface area contributed by atoms with Crippen LogP contribution in [-0.2, 0) is 0 Å². The molecule has 0 saturated heterocycles. The Hall–Kier alpha value is -0.830. The Kier molecular flexibility index (Phi) is 5.03. The van der Waals surface area contributed by atoms with Crippen LogP contribution in [0, 0.1) is 0 Å². The molecule has 100 valence electrons. The molecule has 0 saturated carbocycles. The second-order valence-electron chi connectivity index (χ2n) is 4.69. The summed E-state index contributed by atoms with van der Waals surface area (Å²) in [5, 5.41) is 4.38. The zero-order valence-electron chi connectivity index (χ0n) is 11.0. The summed E-state index contributed by atoms with van der Waals surface area (Å²) in [5.41, 5.74) is 2.39. The summed E-state index contributed by atoms with van der Waals surface area (Å²) in [6.07, 6.45) is 0. The number of rotatable bonds is 4. The standard InChI is InChI=1S/C16H17BrClN/c1-11(13-6-5-7-14(17)10-13)19-12(2)15-8-3-4-9-16(15)18/h3-12,19H,1-2H3. The first kappa shape index (κ1) is 14.6. The molecule has 1 nitrogen and oxygen atoms in total. The van der Waals surface area contributed by atoms with Gasteiger partial charge in [0.1, 0.15) is 0 Å². The highest BCUT2D eigenvalue weighted by Gasteiger charge is 2.13. The normalized spacial score (nSPS) is 14.1. The Bertz CT molecular complexity index is 556. The van der Waals surface area contributed by atoms with E-state index >= 15 is 0 Å². The van der Waals surface area contributed by atoms with E-state index in [0.717, 1.165) is 15.1 Å². The van der Waals surface area contributed by atoms with E-state index in [1.807, 2.05) is 24.3 Å². The van der Waals surface area contributed by atoms with Crippen molar-refractivity contribution < 1.29 is 0 Å². The van der Waals surface area contributed by atoms with Gasteiger partial charge in [0.15, 0.2) is 0 Å². The van der Waals surface area contributed by atoms with E-state index in [1.165, 1.54) is 5.56 Å². The topological polar surface area (TPSA) is 12.0 Å². The van der Waals surface area contributed by atoms with Gasteiger partial charge in [-0.2, -0.15) is 0 Å². The SMILES string of the molecule is CC(NC(C)c1ccccc1Cl)c1cccc(Br)c1. The van der Waals surface area contributed by atoms with Gasteiger partial charge in [-0.3, -0.25) is 0 Å². The maximum atomic E-state index is 6.23. The van der Waals surface area contributed by atoms with E-state index in [1.54, 1.807) is 0 Å². The highest BCUT2D eigenvalue weighted by molar-refractivity contribution is 9.10. The molecule has 0 heterocycles. The van der Waals surface area contributed by atoms with Crippen LogP contribution in [0.5, 0.6) is 0 Å². The molecule has 2 aromatic carbocycles. The largest absolute Gasteiger partial charge is 0.304 e. The summed E-state index contributed by atoms with van der Waals surface area (Å²) in [6, 6.07) is 16.8. The lowest BCUT2D eigenvalue weighted by Gasteiger charge is -2.21. The van der Waals surface area contributed by atoms with E-state index < -0.39 is 0 Å². The molecule has 3 heteroatoms. The minimum absolute atomic E-state index is 0.211. The van der Waals surface area contributed by atoms with Gasteiger partial charge in [-0.1, -0.05) is 57.9 Å². The van der Waals surface area contributed by atoms with Crippen LogP contribution in [0.15, 0.2) is 53.0 Å². The molecule has 0 aromatic heterocycles. The molecule has 0 aliphatic heterocycles. The number of benzene rings is 2. The van der Waals surface area contributed by atoms with E-state index in [-0.39, 0.29) is 12.1 Å². The van der Waals surface area contributed by atoms with Crippen LogP contribution in [0.4, 0.5) is 0 Å². The zero-order valence-corrected chi connectivity index (χ0v) is 13.4. The van der Waals surface area contributed by atoms with Crippen molar-refractivity contribution in [3.05, 3.63) is 69.2 Å². The Morgan fingerprint density at radius 2 is 1.74 bits per heavy atom. The van der Waals surface area contributed by atoms with Crippen LogP contribution in [0.1, 0.15) is 37.1 Å². The lowest BCUT2D eigenvalue weighted by atomic mass is 10.0. The first-order valence-electron chi connectivity index (χ1n) is 6.34. The van der Waals surface area contributed by atoms with Gasteiger partial charge in [0, 0.05) is 21.6 Å². The molecule has 0 aliphatic carbocycles. The third kappa shape index (κ3) is 3.82. The molecule has 0 bridgehead atoms. The molecule has 0 aliphatic rings. The first-order valence-corrected chi connectivity index (χ1v) is 7.51. The Morgan fingerprint density at radius 1 is 1.00 bits per heavy atom. The van der Waals surface area contributed by atoms with Gasteiger partial charge in [0.05, 0.1) is 0 Å². The van der Waals surface area contributed by atoms with E-state index in [2.05, 4.69) is 59.4 Å². The molecule has 2 rings (SSSR count). The van der Waals surface area contributed by atoms with Gasteiger partial charge >= 0.3 is 0 Å². The van der Waals surface area contributed by atoms with E-state index in [0.29, 0.717) is 0 Å². The smallest absolute Gasteiger partial charge is 0.0453 e. The van der Waals surface area contributed by atoms with Crippen molar-refractivity contribution in [1.82, 2.24) is 5.32 Å². The van der Waals surface area contributed by atoms with Gasteiger partial charge in [-0.05, 0) is 43.2 Å². The van der Waals surface area contributed by atoms with Crippen LogP contribution >= 0.6 is 27.5 Å². The highest BCUT2D eigenvalue weighted by atomic mass is 79.9. The van der Waals surface area contributed by atoms with Crippen LogP contribution in [0.25, 0.3) is 0 Å². The van der Waals surface area contributed by atoms with Crippen LogP contribution < -0.4 is 5.32 Å². The van der Waals surface area contributed by atoms with Gasteiger partial charge in [0.2, 0.25) is 0 Å². The Labute approximate surface area is 128 Å². The van der Waals surface area contributed by atoms with Gasteiger partial charge < -0.3 is 5.32 Å². The summed E-state index contributed by atoms with van der Waals surface area (Å²) < 4.78 is 1.10. The molecule has 0 spiro atoms. The fraction of sp³-hybridized carbons (Fsp3) is 0.250. The fourth-order valence-electron chi connectivity index (χ4n) is 2.16. The van der Waals surface area contributed by atoms with Crippen molar-refractivity contribution in [3.63, 3.8) is 0 Å². The van der Waals surface area contributed by atoms with Gasteiger partial charge in [0.25, 0.3) is 0 Å². The summed E-state index contributed by atoms with van der Waals surface area (Å²) in [5.74, 6) is 0. The summed E-state index contributed by atoms with van der Waals surface area (Å²) in [6.45, 7) is 4.30. The molecular formula is C16H17BrClN. The monoisotopic (exact) mass is 337 g/mol. The molecule has 2 aromatic rings. The van der Waals surface area contributed by atoms with E-state index in [9.17, 15) is 0 Å². The van der Waals surface area contributed by atoms with Crippen molar-refractivity contribution in [3.8, 4) is 0 Å². The maximum Gasteiger partial charge on any atom is 0.0453 e. The molecule has 0 amide bonds. The zero-order chi connectivity index (χ0) is 13.8. The molecule has 19 heavy (non-hydrogen) atoms. The van der Waals surface area contributed by atoms with Crippen LogP contribution in [0.2, 0.25) is 5.02 Å². The number of hydrogen-bond acceptors (Lipinski definition) is 1. The van der Waals surface area contributed by atoms with Crippen LogP contribution in [0.3, 0.4) is 0 Å². The number of halogens is 2. The first-order chi connectivity index (χ1) is 9.08. The van der Waals surface area contributed by atoms with Gasteiger partial charge in [-0.25, -0.2) is 0 Å². The van der Waals surface area contributed by atoms with E-state index in [4.69, 9.17) is 11.6 Å². The Morgan fingerprint density at radius 3 is 2.42 bits per heavy atom. The molecule has 2 unspecified atom stereocenters. The van der Waals surface area contributed by atoms with Crippen molar-refractivity contribution in [2.45, 2.75) is 25.9 Å². The molecule has 1 N–H and O–H groups in total. The minimum Gasteiger partial charge on any atom is -0.304 e. The summed E-state index contributed by atoms with van der Waals surface area (Å²) >= 11 is 9.73. The highest BCUT2D eigenvalue weighted by Crippen LogP contribution is 2.25. The van der Waals surface area contributed by atoms with Crippen molar-refractivity contribution >= 4 is 27.5 Å². The summed E-state index contributed by atoms with van der Waals surface area (Å²) in [7, 11) is 0. The van der Waals surface area contributed by atoms with Crippen molar-refractivity contribution in [2.75, 3.05) is 0 Å². The Balaban J connectivity index is 2.11. The predicted molar refractivity (Wildman–Crippen MR) is 85.6 cm³/mol. The number of nitrogens with one attached hydrogen (secondary N) is 1. The van der Waals surface area contributed by atoms with Gasteiger partial charge in [-0.15, -0.1) is 0 Å². The molecular weight excluding hydrogens is 322 g/mol. The van der Waals surface area contributed by atoms with Crippen molar-refractivity contribution in [2.24, 2.45) is 0 Å². The predicted octanol–water partition coefficient (Wildman–Crippen LogP) is 5.51. The average molecular weight is 339 g/mol. The van der Waals surface area contributed by atoms with Crippen molar-refractivity contribution in [1.29, 1.82) is 0 Å². The summed E-state index contributed by atoms with van der Waals surface area (Å²) in [4.78, 5) is 0. The quantitative estimate of drug-likeness (QED) is 0.774. The lowest BCUT2D eigenvalue weighted by Crippen LogP contribution is -2.22. The van der Waals surface area contributed by atoms with Crippen LogP contribution in [-0.4, -0.2) is 0 Å². The lowest BCUT2D eigenvalue weighted by molar-refractivity contribution is 0.494. The second-order valence-corrected chi connectivity index (χ2v) is 6.01. The molecule has 2 atom stereocenters. The number of hydrogen-bond donors (Lipinski definition) is 1. The maximum absolute atomic E-state index is 6.23. The fourth-order valence-corrected chi connectivity index (χ4v) is 2.88. The second kappa shape index (κ2) is 6.56. The third-order valence-electron chi connectivity index (χ3n) is 3.22. The molecule has 0 fully saturated rings. The average Bonchev–Trinajstić information content (AvgIpc) is 2.39. The minimum atomic E-state index is 0.211. The third-order valence-corrected chi connectivity index (χ3v) is 4.06.